The standard InChI is InChI=1S/C11H14Cl2O2/c1-6(2)10(14)11(15)7-3-4-8(12)9(13)5-7/h3-6,10-11,14-15H,1-2H3. The van der Waals surface area contributed by atoms with Crippen LogP contribution in [-0.4, -0.2) is 16.3 Å². The topological polar surface area (TPSA) is 40.5 Å². The number of hydrogen-bond acceptors (Lipinski definition) is 2. The highest BCUT2D eigenvalue weighted by atomic mass is 35.5. The molecule has 0 amide bonds. The first-order valence-electron chi connectivity index (χ1n) is 4.74. The Morgan fingerprint density at radius 3 is 2.13 bits per heavy atom. The quantitative estimate of drug-likeness (QED) is 0.864. The molecule has 2 atom stereocenters. The Balaban J connectivity index is 2.91. The summed E-state index contributed by atoms with van der Waals surface area (Å²) in [6.45, 7) is 3.68. The third-order valence-corrected chi connectivity index (χ3v) is 3.03. The van der Waals surface area contributed by atoms with Gasteiger partial charge in [0, 0.05) is 0 Å². The van der Waals surface area contributed by atoms with Crippen LogP contribution >= 0.6 is 23.2 Å². The molecule has 15 heavy (non-hydrogen) atoms. The van der Waals surface area contributed by atoms with Crippen LogP contribution in [0.25, 0.3) is 0 Å². The van der Waals surface area contributed by atoms with Crippen LogP contribution in [0.5, 0.6) is 0 Å². The molecular formula is C11H14Cl2O2. The summed E-state index contributed by atoms with van der Waals surface area (Å²) in [7, 11) is 0. The lowest BCUT2D eigenvalue weighted by Crippen LogP contribution is -2.23. The molecule has 0 bridgehead atoms. The molecule has 0 saturated heterocycles. The van der Waals surface area contributed by atoms with Crippen molar-refractivity contribution in [3.8, 4) is 0 Å². The summed E-state index contributed by atoms with van der Waals surface area (Å²) in [6, 6.07) is 4.83. The molecule has 2 unspecified atom stereocenters. The molecule has 0 saturated carbocycles. The largest absolute Gasteiger partial charge is 0.390 e. The van der Waals surface area contributed by atoms with Crippen molar-refractivity contribution in [1.82, 2.24) is 0 Å². The van der Waals surface area contributed by atoms with Crippen LogP contribution in [0, 0.1) is 5.92 Å². The van der Waals surface area contributed by atoms with Gasteiger partial charge in [0.1, 0.15) is 6.10 Å². The zero-order chi connectivity index (χ0) is 11.6. The normalized spacial score (nSPS) is 15.4. The SMILES string of the molecule is CC(C)C(O)C(O)c1ccc(Cl)c(Cl)c1. The van der Waals surface area contributed by atoms with E-state index in [2.05, 4.69) is 0 Å². The molecule has 0 spiro atoms. The summed E-state index contributed by atoms with van der Waals surface area (Å²) < 4.78 is 0. The molecule has 0 heterocycles. The van der Waals surface area contributed by atoms with Crippen LogP contribution in [0.1, 0.15) is 25.5 Å². The van der Waals surface area contributed by atoms with E-state index >= 15 is 0 Å². The van der Waals surface area contributed by atoms with Gasteiger partial charge >= 0.3 is 0 Å². The lowest BCUT2D eigenvalue weighted by molar-refractivity contribution is -0.00938. The van der Waals surface area contributed by atoms with Gasteiger partial charge in [-0.25, -0.2) is 0 Å². The zero-order valence-corrected chi connectivity index (χ0v) is 10.1. The summed E-state index contributed by atoms with van der Waals surface area (Å²) in [5.74, 6) is -0.0190. The maximum Gasteiger partial charge on any atom is 0.105 e. The number of hydrogen-bond donors (Lipinski definition) is 2. The van der Waals surface area contributed by atoms with E-state index in [1.807, 2.05) is 13.8 Å². The van der Waals surface area contributed by atoms with Crippen LogP contribution in [0.15, 0.2) is 18.2 Å². The second-order valence-corrected chi connectivity index (χ2v) is 4.67. The molecule has 0 radical (unpaired) electrons. The van der Waals surface area contributed by atoms with Crippen molar-refractivity contribution < 1.29 is 10.2 Å². The first-order valence-corrected chi connectivity index (χ1v) is 5.50. The Morgan fingerprint density at radius 2 is 1.67 bits per heavy atom. The molecule has 0 fully saturated rings. The minimum Gasteiger partial charge on any atom is -0.390 e. The van der Waals surface area contributed by atoms with Gasteiger partial charge in [-0.05, 0) is 23.6 Å². The Bertz CT molecular complexity index is 339. The smallest absolute Gasteiger partial charge is 0.105 e. The fourth-order valence-corrected chi connectivity index (χ4v) is 1.56. The molecule has 0 aliphatic carbocycles. The second-order valence-electron chi connectivity index (χ2n) is 3.85. The van der Waals surface area contributed by atoms with Gasteiger partial charge in [-0.1, -0.05) is 43.1 Å². The van der Waals surface area contributed by atoms with Gasteiger partial charge in [0.05, 0.1) is 16.1 Å². The van der Waals surface area contributed by atoms with E-state index in [-0.39, 0.29) is 5.92 Å². The molecule has 2 N–H and O–H groups in total. The second kappa shape index (κ2) is 5.17. The number of rotatable bonds is 3. The molecule has 0 aliphatic rings. The Morgan fingerprint density at radius 1 is 1.07 bits per heavy atom. The molecule has 84 valence electrons. The zero-order valence-electron chi connectivity index (χ0n) is 8.61. The fraction of sp³-hybridized carbons (Fsp3) is 0.455. The van der Waals surface area contributed by atoms with Gasteiger partial charge in [-0.15, -0.1) is 0 Å². The minimum absolute atomic E-state index is 0.0190. The van der Waals surface area contributed by atoms with Gasteiger partial charge < -0.3 is 10.2 Å². The lowest BCUT2D eigenvalue weighted by Gasteiger charge is -2.21. The van der Waals surface area contributed by atoms with Gasteiger partial charge in [0.2, 0.25) is 0 Å². The molecular weight excluding hydrogens is 235 g/mol. The number of aliphatic hydroxyl groups excluding tert-OH is 2. The monoisotopic (exact) mass is 248 g/mol. The van der Waals surface area contributed by atoms with E-state index in [1.54, 1.807) is 18.2 Å². The van der Waals surface area contributed by atoms with E-state index < -0.39 is 12.2 Å². The van der Waals surface area contributed by atoms with Crippen molar-refractivity contribution in [2.24, 2.45) is 5.92 Å². The van der Waals surface area contributed by atoms with E-state index in [0.717, 1.165) is 0 Å². The Labute approximate surface area is 99.5 Å². The fourth-order valence-electron chi connectivity index (χ4n) is 1.26. The van der Waals surface area contributed by atoms with E-state index in [1.165, 1.54) is 0 Å². The summed E-state index contributed by atoms with van der Waals surface area (Å²) in [6.07, 6.45) is -1.73. The average molecular weight is 249 g/mol. The Hall–Kier alpha value is -0.280. The van der Waals surface area contributed by atoms with Gasteiger partial charge in [-0.2, -0.15) is 0 Å². The van der Waals surface area contributed by atoms with Crippen molar-refractivity contribution in [3.05, 3.63) is 33.8 Å². The van der Waals surface area contributed by atoms with Crippen molar-refractivity contribution in [2.45, 2.75) is 26.1 Å². The van der Waals surface area contributed by atoms with Crippen LogP contribution in [0.4, 0.5) is 0 Å². The summed E-state index contributed by atoms with van der Waals surface area (Å²) in [5, 5.41) is 20.3. The van der Waals surface area contributed by atoms with Gasteiger partial charge in [0.25, 0.3) is 0 Å². The van der Waals surface area contributed by atoms with E-state index in [0.29, 0.717) is 15.6 Å². The number of halogens is 2. The van der Waals surface area contributed by atoms with Gasteiger partial charge in [-0.3, -0.25) is 0 Å². The third-order valence-electron chi connectivity index (χ3n) is 2.29. The lowest BCUT2D eigenvalue weighted by atomic mass is 9.96. The van der Waals surface area contributed by atoms with Crippen molar-refractivity contribution in [3.63, 3.8) is 0 Å². The maximum absolute atomic E-state index is 9.82. The summed E-state index contributed by atoms with van der Waals surface area (Å²) in [4.78, 5) is 0. The predicted molar refractivity (Wildman–Crippen MR) is 62.3 cm³/mol. The highest BCUT2D eigenvalue weighted by Crippen LogP contribution is 2.28. The van der Waals surface area contributed by atoms with Crippen molar-refractivity contribution in [1.29, 1.82) is 0 Å². The maximum atomic E-state index is 9.82. The highest BCUT2D eigenvalue weighted by Gasteiger charge is 2.21. The third kappa shape index (κ3) is 3.08. The van der Waals surface area contributed by atoms with Crippen LogP contribution in [0.3, 0.4) is 0 Å². The molecule has 0 aliphatic heterocycles. The van der Waals surface area contributed by atoms with Crippen LogP contribution in [-0.2, 0) is 0 Å². The summed E-state index contributed by atoms with van der Waals surface area (Å²) >= 11 is 11.6. The molecule has 1 aromatic carbocycles. The number of aliphatic hydroxyl groups is 2. The minimum atomic E-state index is -0.931. The number of benzene rings is 1. The molecule has 0 aromatic heterocycles. The van der Waals surface area contributed by atoms with E-state index in [4.69, 9.17) is 23.2 Å². The average Bonchev–Trinajstić information content (AvgIpc) is 2.19. The van der Waals surface area contributed by atoms with Gasteiger partial charge in [0.15, 0.2) is 0 Å². The first-order chi connectivity index (χ1) is 6.93. The molecule has 4 heteroatoms. The highest BCUT2D eigenvalue weighted by molar-refractivity contribution is 6.42. The van der Waals surface area contributed by atoms with Crippen LogP contribution < -0.4 is 0 Å². The first kappa shape index (κ1) is 12.8. The summed E-state index contributed by atoms with van der Waals surface area (Å²) in [5.41, 5.74) is 0.575. The van der Waals surface area contributed by atoms with E-state index in [9.17, 15) is 10.2 Å². The van der Waals surface area contributed by atoms with Crippen molar-refractivity contribution in [2.75, 3.05) is 0 Å². The molecule has 1 rings (SSSR count). The Kier molecular flexibility index (Phi) is 4.41. The molecule has 1 aromatic rings. The molecule has 2 nitrogen and oxygen atoms in total. The predicted octanol–water partition coefficient (Wildman–Crippen LogP) is 3.04. The van der Waals surface area contributed by atoms with Crippen molar-refractivity contribution >= 4 is 23.2 Å². The van der Waals surface area contributed by atoms with Crippen LogP contribution in [0.2, 0.25) is 10.0 Å².